The summed E-state index contributed by atoms with van der Waals surface area (Å²) in [5.41, 5.74) is 10.5. The molecule has 0 aliphatic heterocycles. The van der Waals surface area contributed by atoms with Gasteiger partial charge in [-0.1, -0.05) is 37.3 Å². The van der Waals surface area contributed by atoms with E-state index in [0.717, 1.165) is 40.1 Å². The molecule has 0 saturated carbocycles. The van der Waals surface area contributed by atoms with E-state index in [9.17, 15) is 5.26 Å². The minimum Gasteiger partial charge on any atom is -0.496 e. The van der Waals surface area contributed by atoms with Crippen LogP contribution in [-0.2, 0) is 0 Å². The summed E-state index contributed by atoms with van der Waals surface area (Å²) < 4.78 is 11.2. The summed E-state index contributed by atoms with van der Waals surface area (Å²) >= 11 is 0. The van der Waals surface area contributed by atoms with E-state index in [1.165, 1.54) is 0 Å². The van der Waals surface area contributed by atoms with Gasteiger partial charge in [0.1, 0.15) is 28.9 Å². The predicted molar refractivity (Wildman–Crippen MR) is 111 cm³/mol. The monoisotopic (exact) mass is 373 g/mol. The second kappa shape index (κ2) is 8.45. The third kappa shape index (κ3) is 3.63. The first-order valence-electron chi connectivity index (χ1n) is 9.17. The van der Waals surface area contributed by atoms with Crippen LogP contribution in [0.4, 0.5) is 5.82 Å². The lowest BCUT2D eigenvalue weighted by Crippen LogP contribution is -2.04. The number of hydrogen-bond donors (Lipinski definition) is 1. The van der Waals surface area contributed by atoms with E-state index in [1.54, 1.807) is 7.11 Å². The van der Waals surface area contributed by atoms with E-state index in [-0.39, 0.29) is 5.82 Å². The first kappa shape index (κ1) is 19.2. The topological polar surface area (TPSA) is 81.2 Å². The van der Waals surface area contributed by atoms with Crippen molar-refractivity contribution < 1.29 is 9.47 Å². The van der Waals surface area contributed by atoms with Crippen LogP contribution < -0.4 is 15.2 Å². The Morgan fingerprint density at radius 3 is 2.43 bits per heavy atom. The molecule has 0 atom stereocenters. The van der Waals surface area contributed by atoms with Gasteiger partial charge in [-0.2, -0.15) is 5.26 Å². The molecule has 0 radical (unpaired) electrons. The first-order chi connectivity index (χ1) is 13.6. The molecule has 1 heterocycles. The highest BCUT2D eigenvalue weighted by Crippen LogP contribution is 2.42. The Balaban J connectivity index is 2.26. The molecule has 1 aromatic heterocycles. The number of nitriles is 1. The molecule has 2 N–H and O–H groups in total. The average Bonchev–Trinajstić information content (AvgIpc) is 2.72. The number of anilines is 1. The van der Waals surface area contributed by atoms with Crippen molar-refractivity contribution in [2.45, 2.75) is 20.3 Å². The SMILES string of the molecule is CCCOc1ccc(-c2c(C#N)c(N)nc(C)c2-c2ccccc2OC)cc1. The highest BCUT2D eigenvalue weighted by molar-refractivity contribution is 5.92. The van der Waals surface area contributed by atoms with Crippen molar-refractivity contribution in [3.8, 4) is 39.8 Å². The molecule has 0 amide bonds. The van der Waals surface area contributed by atoms with E-state index in [2.05, 4.69) is 18.0 Å². The smallest absolute Gasteiger partial charge is 0.142 e. The Kier molecular flexibility index (Phi) is 5.81. The Morgan fingerprint density at radius 2 is 1.79 bits per heavy atom. The lowest BCUT2D eigenvalue weighted by Gasteiger charge is -2.18. The summed E-state index contributed by atoms with van der Waals surface area (Å²) in [6.07, 6.45) is 0.943. The first-order valence-corrected chi connectivity index (χ1v) is 9.17. The van der Waals surface area contributed by atoms with Crippen molar-refractivity contribution in [3.05, 3.63) is 59.8 Å². The minimum atomic E-state index is 0.222. The highest BCUT2D eigenvalue weighted by Gasteiger charge is 2.21. The molecule has 0 bridgehead atoms. The van der Waals surface area contributed by atoms with Gasteiger partial charge in [0.25, 0.3) is 0 Å². The van der Waals surface area contributed by atoms with Crippen LogP contribution in [0.25, 0.3) is 22.3 Å². The maximum Gasteiger partial charge on any atom is 0.142 e. The van der Waals surface area contributed by atoms with Gasteiger partial charge < -0.3 is 15.2 Å². The van der Waals surface area contributed by atoms with Gasteiger partial charge in [-0.25, -0.2) is 4.98 Å². The van der Waals surface area contributed by atoms with E-state index < -0.39 is 0 Å². The summed E-state index contributed by atoms with van der Waals surface area (Å²) in [4.78, 5) is 4.42. The van der Waals surface area contributed by atoms with Gasteiger partial charge >= 0.3 is 0 Å². The summed E-state index contributed by atoms with van der Waals surface area (Å²) in [7, 11) is 1.63. The minimum absolute atomic E-state index is 0.222. The summed E-state index contributed by atoms with van der Waals surface area (Å²) in [5, 5.41) is 9.79. The molecule has 0 fully saturated rings. The molecule has 0 aliphatic carbocycles. The van der Waals surface area contributed by atoms with E-state index in [1.807, 2.05) is 55.5 Å². The summed E-state index contributed by atoms with van der Waals surface area (Å²) in [6.45, 7) is 4.62. The van der Waals surface area contributed by atoms with Crippen molar-refractivity contribution in [1.29, 1.82) is 5.26 Å². The molecule has 28 heavy (non-hydrogen) atoms. The molecule has 3 aromatic rings. The number of hydrogen-bond acceptors (Lipinski definition) is 5. The number of para-hydroxylation sites is 1. The zero-order valence-electron chi connectivity index (χ0n) is 16.3. The van der Waals surface area contributed by atoms with Gasteiger partial charge in [-0.3, -0.25) is 0 Å². The van der Waals surface area contributed by atoms with Crippen LogP contribution in [0.15, 0.2) is 48.5 Å². The van der Waals surface area contributed by atoms with Crippen molar-refractivity contribution in [1.82, 2.24) is 4.98 Å². The Bertz CT molecular complexity index is 1020. The number of rotatable bonds is 6. The molecule has 0 aliphatic rings. The number of nitrogens with two attached hydrogens (primary N) is 1. The van der Waals surface area contributed by atoms with Crippen LogP contribution in [0.1, 0.15) is 24.6 Å². The molecule has 142 valence electrons. The van der Waals surface area contributed by atoms with Crippen molar-refractivity contribution in [3.63, 3.8) is 0 Å². The fraction of sp³-hybridized carbons (Fsp3) is 0.217. The maximum absolute atomic E-state index is 9.79. The molecule has 5 heteroatoms. The normalized spacial score (nSPS) is 10.4. The van der Waals surface area contributed by atoms with Crippen molar-refractivity contribution in [2.24, 2.45) is 0 Å². The quantitative estimate of drug-likeness (QED) is 0.659. The van der Waals surface area contributed by atoms with Crippen LogP contribution in [0.2, 0.25) is 0 Å². The zero-order valence-corrected chi connectivity index (χ0v) is 16.3. The predicted octanol–water partition coefficient (Wildman–Crippen LogP) is 4.98. The number of ether oxygens (including phenoxy) is 2. The molecule has 3 rings (SSSR count). The molecule has 0 unspecified atom stereocenters. The van der Waals surface area contributed by atoms with Crippen LogP contribution in [-0.4, -0.2) is 18.7 Å². The van der Waals surface area contributed by atoms with E-state index >= 15 is 0 Å². The second-order valence-electron chi connectivity index (χ2n) is 6.39. The van der Waals surface area contributed by atoms with Gasteiger partial charge in [-0.15, -0.1) is 0 Å². The molecule has 0 spiro atoms. The van der Waals surface area contributed by atoms with E-state index in [4.69, 9.17) is 15.2 Å². The van der Waals surface area contributed by atoms with E-state index in [0.29, 0.717) is 17.9 Å². The number of aryl methyl sites for hydroxylation is 1. The number of pyridine rings is 1. The zero-order chi connectivity index (χ0) is 20.1. The molecular weight excluding hydrogens is 350 g/mol. The van der Waals surface area contributed by atoms with Crippen LogP contribution in [0.3, 0.4) is 0 Å². The second-order valence-corrected chi connectivity index (χ2v) is 6.39. The third-order valence-corrected chi connectivity index (χ3v) is 4.51. The lowest BCUT2D eigenvalue weighted by molar-refractivity contribution is 0.317. The van der Waals surface area contributed by atoms with Gasteiger partial charge in [-0.05, 0) is 37.1 Å². The van der Waals surface area contributed by atoms with Gasteiger partial charge in [0.05, 0.1) is 13.7 Å². The highest BCUT2D eigenvalue weighted by atomic mass is 16.5. The number of aromatic nitrogens is 1. The van der Waals surface area contributed by atoms with Crippen LogP contribution in [0.5, 0.6) is 11.5 Å². The lowest BCUT2D eigenvalue weighted by atomic mass is 9.89. The van der Waals surface area contributed by atoms with Crippen LogP contribution >= 0.6 is 0 Å². The Labute approximate surface area is 165 Å². The number of nitrogens with zero attached hydrogens (tertiary/aromatic N) is 2. The summed E-state index contributed by atoms with van der Waals surface area (Å²) in [6, 6.07) is 17.6. The van der Waals surface area contributed by atoms with Crippen LogP contribution in [0, 0.1) is 18.3 Å². The molecule has 5 nitrogen and oxygen atoms in total. The fourth-order valence-corrected chi connectivity index (χ4v) is 3.25. The average molecular weight is 373 g/mol. The number of methoxy groups -OCH3 is 1. The fourth-order valence-electron chi connectivity index (χ4n) is 3.25. The third-order valence-electron chi connectivity index (χ3n) is 4.51. The van der Waals surface area contributed by atoms with Gasteiger partial charge in [0.2, 0.25) is 0 Å². The van der Waals surface area contributed by atoms with Gasteiger partial charge in [0, 0.05) is 22.4 Å². The number of nitrogen functional groups attached to an aromatic ring is 1. The Hall–Kier alpha value is -3.52. The molecule has 2 aromatic carbocycles. The standard InChI is InChI=1S/C23H23N3O2/c1-4-13-28-17-11-9-16(10-12-17)22-19(14-24)23(25)26-15(2)21(22)18-7-5-6-8-20(18)27-3/h5-12H,4,13H2,1-3H3,(H2,25,26). The Morgan fingerprint density at radius 1 is 1.07 bits per heavy atom. The summed E-state index contributed by atoms with van der Waals surface area (Å²) in [5.74, 6) is 1.73. The molecule has 0 saturated heterocycles. The maximum atomic E-state index is 9.79. The largest absolute Gasteiger partial charge is 0.496 e. The van der Waals surface area contributed by atoms with Crippen molar-refractivity contribution in [2.75, 3.05) is 19.5 Å². The molecular formula is C23H23N3O2. The van der Waals surface area contributed by atoms with Gasteiger partial charge in [0.15, 0.2) is 0 Å². The number of benzene rings is 2. The van der Waals surface area contributed by atoms with Crippen molar-refractivity contribution >= 4 is 5.82 Å².